The molecule has 0 amide bonds. The number of imidazole rings is 1. The van der Waals surface area contributed by atoms with Crippen LogP contribution in [0.1, 0.15) is 22.5 Å². The van der Waals surface area contributed by atoms with Gasteiger partial charge in [0.25, 0.3) is 0 Å². The maximum atomic E-state index is 13.6. The molecule has 0 atom stereocenters. The van der Waals surface area contributed by atoms with Crippen molar-refractivity contribution in [1.82, 2.24) is 19.5 Å². The fraction of sp³-hybridized carbons (Fsp3) is 0.167. The fourth-order valence-electron chi connectivity index (χ4n) is 3.49. The quantitative estimate of drug-likeness (QED) is 0.519. The molecule has 0 aliphatic carbocycles. The minimum absolute atomic E-state index is 0.405. The molecule has 0 radical (unpaired) electrons. The van der Waals surface area contributed by atoms with Crippen LogP contribution < -0.4 is 5.73 Å². The van der Waals surface area contributed by atoms with Gasteiger partial charge in [-0.25, -0.2) is 9.37 Å². The number of nitriles is 1. The lowest BCUT2D eigenvalue weighted by Crippen LogP contribution is -2.04. The van der Waals surface area contributed by atoms with Gasteiger partial charge in [-0.15, -0.1) is 0 Å². The summed E-state index contributed by atoms with van der Waals surface area (Å²) < 4.78 is 15.5. The third-order valence-corrected chi connectivity index (χ3v) is 5.09. The van der Waals surface area contributed by atoms with Crippen LogP contribution in [0.2, 0.25) is 0 Å². The summed E-state index contributed by atoms with van der Waals surface area (Å²) in [6, 6.07) is 13.2. The minimum Gasteiger partial charge on any atom is -0.330 e. The Bertz CT molecular complexity index is 1250. The van der Waals surface area contributed by atoms with Crippen LogP contribution >= 0.6 is 0 Å². The molecule has 0 saturated carbocycles. The highest BCUT2D eigenvalue weighted by atomic mass is 19.1. The Kier molecular flexibility index (Phi) is 5.83. The summed E-state index contributed by atoms with van der Waals surface area (Å²) in [6.07, 6.45) is 7.23. The van der Waals surface area contributed by atoms with Gasteiger partial charge in [-0.05, 0) is 55.3 Å². The molecule has 0 aliphatic rings. The van der Waals surface area contributed by atoms with Gasteiger partial charge >= 0.3 is 0 Å². The predicted octanol–water partition coefficient (Wildman–Crippen LogP) is 3.88. The predicted molar refractivity (Wildman–Crippen MR) is 116 cm³/mol. The highest BCUT2D eigenvalue weighted by molar-refractivity contribution is 5.65. The van der Waals surface area contributed by atoms with Gasteiger partial charge < -0.3 is 10.3 Å². The molecule has 4 aromatic rings. The van der Waals surface area contributed by atoms with Gasteiger partial charge in [0.2, 0.25) is 0 Å². The molecule has 0 saturated heterocycles. The summed E-state index contributed by atoms with van der Waals surface area (Å²) in [7, 11) is 0. The van der Waals surface area contributed by atoms with E-state index in [2.05, 4.69) is 21.0 Å². The zero-order chi connectivity index (χ0) is 21.8. The molecule has 7 heteroatoms. The van der Waals surface area contributed by atoms with E-state index < -0.39 is 5.82 Å². The average Bonchev–Trinajstić information content (AvgIpc) is 3.15. The van der Waals surface area contributed by atoms with Crippen molar-refractivity contribution >= 4 is 0 Å². The third kappa shape index (κ3) is 4.49. The third-order valence-electron chi connectivity index (χ3n) is 5.09. The van der Waals surface area contributed by atoms with Crippen LogP contribution in [0.3, 0.4) is 0 Å². The van der Waals surface area contributed by atoms with Gasteiger partial charge in [0, 0.05) is 36.3 Å². The molecule has 2 N–H and O–H groups in total. The van der Waals surface area contributed by atoms with Gasteiger partial charge in [-0.1, -0.05) is 12.1 Å². The van der Waals surface area contributed by atoms with Gasteiger partial charge in [0.1, 0.15) is 11.6 Å². The summed E-state index contributed by atoms with van der Waals surface area (Å²) in [5.41, 5.74) is 11.3. The first-order valence-electron chi connectivity index (χ1n) is 9.90. The standard InChI is InChI=1S/C24H21FN6/c1-16-30-24(19-9-21(25)13-28-12-19)15-31(16)14-20-8-18(10-27)2-4-22(20)23-5-3-17(6-7-26)11-29-23/h2-5,8-9,11-13,15H,6-7,14,26H2,1H3. The zero-order valence-corrected chi connectivity index (χ0v) is 17.1. The molecule has 0 aliphatic heterocycles. The molecule has 0 spiro atoms. The van der Waals surface area contributed by atoms with E-state index in [0.29, 0.717) is 29.9 Å². The van der Waals surface area contributed by atoms with Crippen molar-refractivity contribution in [3.05, 3.63) is 89.5 Å². The molecule has 1 aromatic carbocycles. The summed E-state index contributed by atoms with van der Waals surface area (Å²) in [4.78, 5) is 13.1. The van der Waals surface area contributed by atoms with E-state index in [1.165, 1.54) is 12.3 Å². The second-order valence-electron chi connectivity index (χ2n) is 7.27. The Morgan fingerprint density at radius 2 is 1.97 bits per heavy atom. The molecule has 3 heterocycles. The number of nitrogens with zero attached hydrogens (tertiary/aromatic N) is 5. The fourth-order valence-corrected chi connectivity index (χ4v) is 3.49. The van der Waals surface area contributed by atoms with Gasteiger partial charge in [0.05, 0.1) is 29.2 Å². The van der Waals surface area contributed by atoms with E-state index in [0.717, 1.165) is 34.6 Å². The second kappa shape index (κ2) is 8.86. The average molecular weight is 412 g/mol. The van der Waals surface area contributed by atoms with Crippen LogP contribution in [0.4, 0.5) is 4.39 Å². The van der Waals surface area contributed by atoms with Crippen LogP contribution in [0.25, 0.3) is 22.5 Å². The van der Waals surface area contributed by atoms with Crippen molar-refractivity contribution in [3.63, 3.8) is 0 Å². The number of rotatable bonds is 6. The Labute approximate surface area is 179 Å². The van der Waals surface area contributed by atoms with E-state index in [1.807, 2.05) is 48.1 Å². The second-order valence-corrected chi connectivity index (χ2v) is 7.27. The maximum absolute atomic E-state index is 13.6. The molecule has 6 nitrogen and oxygen atoms in total. The van der Waals surface area contributed by atoms with Crippen LogP contribution in [0.5, 0.6) is 0 Å². The number of hydrogen-bond donors (Lipinski definition) is 1. The van der Waals surface area contributed by atoms with Crippen molar-refractivity contribution in [2.75, 3.05) is 6.54 Å². The largest absolute Gasteiger partial charge is 0.330 e. The SMILES string of the molecule is Cc1nc(-c2cncc(F)c2)cn1Cc1cc(C#N)ccc1-c1ccc(CCN)cn1. The van der Waals surface area contributed by atoms with Crippen LogP contribution in [-0.2, 0) is 13.0 Å². The zero-order valence-electron chi connectivity index (χ0n) is 17.1. The Hall–Kier alpha value is -3.89. The minimum atomic E-state index is -0.405. The molecule has 0 unspecified atom stereocenters. The smallest absolute Gasteiger partial charge is 0.142 e. The first-order valence-corrected chi connectivity index (χ1v) is 9.90. The van der Waals surface area contributed by atoms with Gasteiger partial charge in [-0.2, -0.15) is 5.26 Å². The highest BCUT2D eigenvalue weighted by Gasteiger charge is 2.13. The summed E-state index contributed by atoms with van der Waals surface area (Å²) >= 11 is 0. The molecular weight excluding hydrogens is 391 g/mol. The molecule has 31 heavy (non-hydrogen) atoms. The first-order chi connectivity index (χ1) is 15.1. The monoisotopic (exact) mass is 412 g/mol. The van der Waals surface area contributed by atoms with Crippen molar-refractivity contribution in [1.29, 1.82) is 5.26 Å². The van der Waals surface area contributed by atoms with E-state index in [4.69, 9.17) is 5.73 Å². The first kappa shape index (κ1) is 20.4. The lowest BCUT2D eigenvalue weighted by Gasteiger charge is -2.12. The van der Waals surface area contributed by atoms with Crippen LogP contribution in [0, 0.1) is 24.1 Å². The normalized spacial score (nSPS) is 10.8. The molecule has 3 aromatic heterocycles. The van der Waals surface area contributed by atoms with Crippen molar-refractivity contribution in [2.45, 2.75) is 19.9 Å². The number of pyridine rings is 2. The van der Waals surface area contributed by atoms with Crippen molar-refractivity contribution in [3.8, 4) is 28.6 Å². The Balaban J connectivity index is 1.70. The van der Waals surface area contributed by atoms with Crippen LogP contribution in [0.15, 0.2) is 61.2 Å². The topological polar surface area (TPSA) is 93.4 Å². The summed E-state index contributed by atoms with van der Waals surface area (Å²) in [6.45, 7) is 2.97. The summed E-state index contributed by atoms with van der Waals surface area (Å²) in [5.74, 6) is 0.372. The van der Waals surface area contributed by atoms with Crippen molar-refractivity contribution in [2.24, 2.45) is 5.73 Å². The maximum Gasteiger partial charge on any atom is 0.142 e. The molecule has 4 rings (SSSR count). The number of hydrogen-bond acceptors (Lipinski definition) is 5. The summed E-state index contributed by atoms with van der Waals surface area (Å²) in [5, 5.41) is 9.38. The molecular formula is C24H21FN6. The lowest BCUT2D eigenvalue weighted by molar-refractivity contribution is 0.622. The highest BCUT2D eigenvalue weighted by Crippen LogP contribution is 2.26. The number of aromatic nitrogens is 4. The van der Waals surface area contributed by atoms with E-state index >= 15 is 0 Å². The lowest BCUT2D eigenvalue weighted by atomic mass is 10.0. The molecule has 0 fully saturated rings. The molecule has 0 bridgehead atoms. The number of halogens is 1. The Morgan fingerprint density at radius 1 is 1.10 bits per heavy atom. The Morgan fingerprint density at radius 3 is 2.68 bits per heavy atom. The van der Waals surface area contributed by atoms with Gasteiger partial charge in [0.15, 0.2) is 0 Å². The van der Waals surface area contributed by atoms with Crippen molar-refractivity contribution < 1.29 is 4.39 Å². The van der Waals surface area contributed by atoms with Gasteiger partial charge in [-0.3, -0.25) is 9.97 Å². The van der Waals surface area contributed by atoms with Crippen LogP contribution in [-0.4, -0.2) is 26.1 Å². The number of aryl methyl sites for hydroxylation is 1. The molecule has 154 valence electrons. The van der Waals surface area contributed by atoms with E-state index in [1.54, 1.807) is 12.3 Å². The number of nitrogens with two attached hydrogens (primary N) is 1. The van der Waals surface area contributed by atoms with E-state index in [9.17, 15) is 9.65 Å². The number of benzene rings is 1. The van der Waals surface area contributed by atoms with E-state index in [-0.39, 0.29) is 0 Å².